The summed E-state index contributed by atoms with van der Waals surface area (Å²) in [6.45, 7) is 1.86. The van der Waals surface area contributed by atoms with Gasteiger partial charge in [0, 0.05) is 14.9 Å². The van der Waals surface area contributed by atoms with Crippen molar-refractivity contribution in [2.45, 2.75) is 12.7 Å². The molecule has 0 radical (unpaired) electrons. The molecule has 0 bridgehead atoms. The Morgan fingerprint density at radius 2 is 2.09 bits per heavy atom. The SMILES string of the molecule is Cc1ccsc1C=C(C#N)S(=O)(=O)Cc1ccc(Cl)cc1Cl. The third kappa shape index (κ3) is 3.90. The molecule has 0 aliphatic heterocycles. The topological polar surface area (TPSA) is 57.9 Å². The highest BCUT2D eigenvalue weighted by Crippen LogP contribution is 2.26. The minimum atomic E-state index is -3.77. The van der Waals surface area contributed by atoms with Crippen LogP contribution in [0.4, 0.5) is 0 Å². The molecule has 0 saturated heterocycles. The molecule has 0 spiro atoms. The van der Waals surface area contributed by atoms with Crippen LogP contribution < -0.4 is 0 Å². The van der Waals surface area contributed by atoms with Gasteiger partial charge >= 0.3 is 0 Å². The molecule has 1 heterocycles. The molecular weight excluding hydrogens is 361 g/mol. The maximum Gasteiger partial charge on any atom is 0.192 e. The Hall–Kier alpha value is -1.32. The van der Waals surface area contributed by atoms with E-state index in [1.165, 1.54) is 23.5 Å². The lowest BCUT2D eigenvalue weighted by atomic mass is 10.2. The van der Waals surface area contributed by atoms with Crippen LogP contribution in [0.15, 0.2) is 34.6 Å². The molecule has 0 atom stereocenters. The van der Waals surface area contributed by atoms with E-state index in [1.807, 2.05) is 18.4 Å². The van der Waals surface area contributed by atoms with Gasteiger partial charge in [0.05, 0.1) is 5.75 Å². The van der Waals surface area contributed by atoms with Crippen molar-refractivity contribution in [1.82, 2.24) is 0 Å². The second-order valence-corrected chi connectivity index (χ2v) is 8.33. The van der Waals surface area contributed by atoms with Crippen LogP contribution in [0.25, 0.3) is 6.08 Å². The van der Waals surface area contributed by atoms with Gasteiger partial charge in [0.2, 0.25) is 0 Å². The van der Waals surface area contributed by atoms with Crippen molar-refractivity contribution in [2.75, 3.05) is 0 Å². The van der Waals surface area contributed by atoms with Gasteiger partial charge in [-0.15, -0.1) is 11.3 Å². The van der Waals surface area contributed by atoms with Crippen LogP contribution in [0.1, 0.15) is 16.0 Å². The van der Waals surface area contributed by atoms with E-state index in [1.54, 1.807) is 18.2 Å². The van der Waals surface area contributed by atoms with Crippen LogP contribution in [0, 0.1) is 18.3 Å². The molecule has 1 aromatic heterocycles. The highest BCUT2D eigenvalue weighted by atomic mass is 35.5. The molecule has 7 heteroatoms. The first kappa shape index (κ1) is 17.0. The zero-order valence-corrected chi connectivity index (χ0v) is 14.7. The molecule has 0 N–H and O–H groups in total. The Morgan fingerprint density at radius 3 is 2.64 bits per heavy atom. The number of halogens is 2. The lowest BCUT2D eigenvalue weighted by Crippen LogP contribution is -2.07. The van der Waals surface area contributed by atoms with Crippen molar-refractivity contribution in [3.63, 3.8) is 0 Å². The summed E-state index contributed by atoms with van der Waals surface area (Å²) < 4.78 is 24.9. The predicted molar refractivity (Wildman–Crippen MR) is 91.7 cm³/mol. The standard InChI is InChI=1S/C15H11Cl2NO2S2/c1-10-4-5-21-15(10)7-13(8-18)22(19,20)9-11-2-3-12(16)6-14(11)17/h2-7H,9H2,1H3. The van der Waals surface area contributed by atoms with Crippen LogP contribution in [0.2, 0.25) is 10.0 Å². The molecule has 0 amide bonds. The fourth-order valence-corrected chi connectivity index (χ4v) is 4.51. The Labute approximate surface area is 143 Å². The quantitative estimate of drug-likeness (QED) is 0.722. The van der Waals surface area contributed by atoms with Gasteiger partial charge in [-0.2, -0.15) is 5.26 Å². The van der Waals surface area contributed by atoms with E-state index in [4.69, 9.17) is 23.2 Å². The number of sulfone groups is 1. The summed E-state index contributed by atoms with van der Waals surface area (Å²) in [5, 5.41) is 11.7. The molecular formula is C15H11Cl2NO2S2. The van der Waals surface area contributed by atoms with E-state index < -0.39 is 9.84 Å². The lowest BCUT2D eigenvalue weighted by Gasteiger charge is -2.06. The highest BCUT2D eigenvalue weighted by Gasteiger charge is 2.20. The van der Waals surface area contributed by atoms with Crippen molar-refractivity contribution in [3.05, 3.63) is 60.6 Å². The largest absolute Gasteiger partial charge is 0.223 e. The van der Waals surface area contributed by atoms with Gasteiger partial charge in [0.25, 0.3) is 0 Å². The fraction of sp³-hybridized carbons (Fsp3) is 0.133. The Balaban J connectivity index is 2.38. The van der Waals surface area contributed by atoms with E-state index in [-0.39, 0.29) is 15.7 Å². The van der Waals surface area contributed by atoms with Crippen molar-refractivity contribution in [1.29, 1.82) is 5.26 Å². The van der Waals surface area contributed by atoms with Gasteiger partial charge in [-0.3, -0.25) is 0 Å². The molecule has 1 aromatic carbocycles. The summed E-state index contributed by atoms with van der Waals surface area (Å²) in [5.74, 6) is -0.340. The number of rotatable bonds is 4. The van der Waals surface area contributed by atoms with Crippen molar-refractivity contribution in [3.8, 4) is 6.07 Å². The minimum Gasteiger partial charge on any atom is -0.223 e. The van der Waals surface area contributed by atoms with Crippen molar-refractivity contribution in [2.24, 2.45) is 0 Å². The molecule has 114 valence electrons. The van der Waals surface area contributed by atoms with Gasteiger partial charge in [-0.25, -0.2) is 8.42 Å². The van der Waals surface area contributed by atoms with Gasteiger partial charge in [0.1, 0.15) is 11.0 Å². The Bertz CT molecular complexity index is 877. The predicted octanol–water partition coefficient (Wildman–Crippen LogP) is 4.84. The first-order chi connectivity index (χ1) is 10.3. The maximum atomic E-state index is 12.4. The van der Waals surface area contributed by atoms with E-state index in [0.29, 0.717) is 10.6 Å². The van der Waals surface area contributed by atoms with Crippen molar-refractivity contribution >= 4 is 50.5 Å². The minimum absolute atomic E-state index is 0.265. The number of benzene rings is 1. The summed E-state index contributed by atoms with van der Waals surface area (Å²) in [6.07, 6.45) is 1.40. The summed E-state index contributed by atoms with van der Waals surface area (Å²) in [7, 11) is -3.77. The highest BCUT2D eigenvalue weighted by molar-refractivity contribution is 7.95. The zero-order valence-electron chi connectivity index (χ0n) is 11.5. The molecule has 0 unspecified atom stereocenters. The second kappa shape index (κ2) is 6.84. The van der Waals surface area contributed by atoms with Crippen LogP contribution in [0.3, 0.4) is 0 Å². The Kier molecular flexibility index (Phi) is 5.30. The zero-order chi connectivity index (χ0) is 16.3. The Morgan fingerprint density at radius 1 is 1.36 bits per heavy atom. The molecule has 2 aromatic rings. The number of nitriles is 1. The van der Waals surface area contributed by atoms with Crippen LogP contribution in [-0.4, -0.2) is 8.42 Å². The fourth-order valence-electron chi connectivity index (χ4n) is 1.76. The average molecular weight is 372 g/mol. The summed E-state index contributed by atoms with van der Waals surface area (Å²) in [4.78, 5) is 0.478. The van der Waals surface area contributed by atoms with E-state index >= 15 is 0 Å². The molecule has 0 aliphatic carbocycles. The number of thiophene rings is 1. The number of hydrogen-bond acceptors (Lipinski definition) is 4. The van der Waals surface area contributed by atoms with Gasteiger partial charge in [-0.05, 0) is 47.7 Å². The molecule has 0 saturated carbocycles. The first-order valence-corrected chi connectivity index (χ1v) is 9.45. The number of hydrogen-bond donors (Lipinski definition) is 0. The smallest absolute Gasteiger partial charge is 0.192 e. The third-order valence-electron chi connectivity index (χ3n) is 2.97. The lowest BCUT2D eigenvalue weighted by molar-refractivity contribution is 0.602. The van der Waals surface area contributed by atoms with Crippen LogP contribution in [-0.2, 0) is 15.6 Å². The van der Waals surface area contributed by atoms with E-state index in [9.17, 15) is 13.7 Å². The molecule has 0 aliphatic rings. The normalized spacial score (nSPS) is 12.2. The summed E-state index contributed by atoms with van der Waals surface area (Å²) in [5.41, 5.74) is 1.34. The van der Waals surface area contributed by atoms with Gasteiger partial charge in [-0.1, -0.05) is 29.3 Å². The summed E-state index contributed by atoms with van der Waals surface area (Å²) in [6, 6.07) is 8.23. The van der Waals surface area contributed by atoms with E-state index in [0.717, 1.165) is 10.4 Å². The van der Waals surface area contributed by atoms with Crippen LogP contribution >= 0.6 is 34.5 Å². The molecule has 3 nitrogen and oxygen atoms in total. The second-order valence-electron chi connectivity index (χ2n) is 4.58. The summed E-state index contributed by atoms with van der Waals surface area (Å²) >= 11 is 13.2. The average Bonchev–Trinajstić information content (AvgIpc) is 2.84. The van der Waals surface area contributed by atoms with Gasteiger partial charge < -0.3 is 0 Å². The van der Waals surface area contributed by atoms with Gasteiger partial charge in [0.15, 0.2) is 9.84 Å². The molecule has 22 heavy (non-hydrogen) atoms. The van der Waals surface area contributed by atoms with E-state index in [2.05, 4.69) is 0 Å². The van der Waals surface area contributed by atoms with Crippen LogP contribution in [0.5, 0.6) is 0 Å². The molecule has 0 fully saturated rings. The number of aryl methyl sites for hydroxylation is 1. The third-order valence-corrected chi connectivity index (χ3v) is 6.09. The number of nitrogens with zero attached hydrogens (tertiary/aromatic N) is 1. The maximum absolute atomic E-state index is 12.4. The first-order valence-electron chi connectivity index (χ1n) is 6.16. The monoisotopic (exact) mass is 371 g/mol. The molecule has 2 rings (SSSR count). The van der Waals surface area contributed by atoms with Crippen molar-refractivity contribution < 1.29 is 8.42 Å². The number of allylic oxidation sites excluding steroid dienone is 1.